The van der Waals surface area contributed by atoms with E-state index >= 15 is 0 Å². The van der Waals surface area contributed by atoms with Crippen LogP contribution >= 0.6 is 0 Å². The van der Waals surface area contributed by atoms with Gasteiger partial charge in [-0.05, 0) is 61.6 Å². The molecule has 1 spiro atoms. The number of carbonyl (C=O) groups is 2. The van der Waals surface area contributed by atoms with Crippen LogP contribution in [-0.2, 0) is 10.2 Å². The normalized spacial score (nSPS) is 23.8. The van der Waals surface area contributed by atoms with Crippen LogP contribution < -0.4 is 10.1 Å². The molecule has 0 saturated heterocycles. The first-order valence-corrected chi connectivity index (χ1v) is 8.70. The number of rotatable bonds is 3. The maximum absolute atomic E-state index is 13.8. The smallest absolute Gasteiger partial charge is 0.335 e. The minimum atomic E-state index is -1.05. The fraction of sp³-hybridized carbons (Fsp3) is 0.300. The van der Waals surface area contributed by atoms with Gasteiger partial charge in [-0.1, -0.05) is 0 Å². The summed E-state index contributed by atoms with van der Waals surface area (Å²) >= 11 is 0. The van der Waals surface area contributed by atoms with Crippen LogP contribution in [0.1, 0.15) is 41.6 Å². The molecule has 5 nitrogen and oxygen atoms in total. The largest absolute Gasteiger partial charge is 0.487 e. The van der Waals surface area contributed by atoms with Gasteiger partial charge in [-0.3, -0.25) is 4.79 Å². The Hall–Kier alpha value is -2.96. The molecule has 7 heteroatoms. The van der Waals surface area contributed by atoms with Gasteiger partial charge in [0.2, 0.25) is 5.91 Å². The van der Waals surface area contributed by atoms with Gasteiger partial charge in [0.25, 0.3) is 0 Å². The Labute approximate surface area is 154 Å². The molecule has 140 valence electrons. The summed E-state index contributed by atoms with van der Waals surface area (Å²) in [6.45, 7) is 0. The van der Waals surface area contributed by atoms with Crippen LogP contribution in [0.25, 0.3) is 0 Å². The highest BCUT2D eigenvalue weighted by Gasteiger charge is 2.49. The number of carboxylic acids is 1. The number of halogens is 2. The molecule has 2 aliphatic rings. The zero-order chi connectivity index (χ0) is 19.2. The molecule has 2 N–H and O–H groups in total. The molecule has 27 heavy (non-hydrogen) atoms. The zero-order valence-corrected chi connectivity index (χ0v) is 14.3. The van der Waals surface area contributed by atoms with Gasteiger partial charge in [0, 0.05) is 11.8 Å². The second-order valence-electron chi connectivity index (χ2n) is 6.99. The summed E-state index contributed by atoms with van der Waals surface area (Å²) in [6, 6.07) is 7.79. The first-order valence-electron chi connectivity index (χ1n) is 8.70. The Morgan fingerprint density at radius 3 is 2.56 bits per heavy atom. The molecule has 0 unspecified atom stereocenters. The summed E-state index contributed by atoms with van der Waals surface area (Å²) in [7, 11) is 0. The molecule has 1 fully saturated rings. The number of ether oxygens (including phenoxy) is 1. The van der Waals surface area contributed by atoms with Crippen LogP contribution in [0.2, 0.25) is 0 Å². The van der Waals surface area contributed by atoms with Crippen molar-refractivity contribution in [3.05, 3.63) is 59.2 Å². The summed E-state index contributed by atoms with van der Waals surface area (Å²) in [6.07, 6.45) is 1.63. The Balaban J connectivity index is 1.54. The van der Waals surface area contributed by atoms with Crippen LogP contribution in [-0.4, -0.2) is 23.1 Å². The summed E-state index contributed by atoms with van der Waals surface area (Å²) in [5.41, 5.74) is 0.672. The van der Waals surface area contributed by atoms with E-state index in [2.05, 4.69) is 5.32 Å². The van der Waals surface area contributed by atoms with Crippen molar-refractivity contribution in [1.29, 1.82) is 0 Å². The predicted molar refractivity (Wildman–Crippen MR) is 93.0 cm³/mol. The SMILES string of the molecule is O=C(O)c1ccc2c(c1)C1(CCC(Oc3ccc(F)cc3F)CC1)C(=O)N2. The van der Waals surface area contributed by atoms with Crippen LogP contribution in [0, 0.1) is 11.6 Å². The van der Waals surface area contributed by atoms with E-state index in [1.165, 1.54) is 12.1 Å². The monoisotopic (exact) mass is 373 g/mol. The number of carbonyl (C=O) groups excluding carboxylic acids is 1. The van der Waals surface area contributed by atoms with E-state index in [1.54, 1.807) is 12.1 Å². The molecule has 0 aromatic heterocycles. The Morgan fingerprint density at radius 2 is 1.89 bits per heavy atom. The molecular weight excluding hydrogens is 356 g/mol. The number of nitrogens with one attached hydrogen (secondary N) is 1. The number of anilines is 1. The fourth-order valence-electron chi connectivity index (χ4n) is 4.00. The van der Waals surface area contributed by atoms with Crippen LogP contribution in [0.4, 0.5) is 14.5 Å². The molecule has 2 aromatic carbocycles. The van der Waals surface area contributed by atoms with Gasteiger partial charge in [-0.2, -0.15) is 0 Å². The molecule has 1 aliphatic carbocycles. The highest BCUT2D eigenvalue weighted by molar-refractivity contribution is 6.07. The molecule has 1 saturated carbocycles. The molecule has 0 bridgehead atoms. The maximum Gasteiger partial charge on any atom is 0.335 e. The minimum absolute atomic E-state index is 0.0122. The molecule has 1 heterocycles. The number of aromatic carboxylic acids is 1. The van der Waals surface area contributed by atoms with E-state index < -0.39 is 23.0 Å². The fourth-order valence-corrected chi connectivity index (χ4v) is 4.00. The Morgan fingerprint density at radius 1 is 1.15 bits per heavy atom. The average Bonchev–Trinajstić information content (AvgIpc) is 2.90. The number of fused-ring (bicyclic) bond motifs is 2. The van der Waals surface area contributed by atoms with Crippen molar-refractivity contribution in [2.24, 2.45) is 0 Å². The highest BCUT2D eigenvalue weighted by atomic mass is 19.1. The molecule has 4 rings (SSSR count). The van der Waals surface area contributed by atoms with E-state index in [-0.39, 0.29) is 23.3 Å². The van der Waals surface area contributed by atoms with Crippen molar-refractivity contribution >= 4 is 17.6 Å². The highest BCUT2D eigenvalue weighted by Crippen LogP contribution is 2.48. The minimum Gasteiger partial charge on any atom is -0.487 e. The van der Waals surface area contributed by atoms with Crippen molar-refractivity contribution in [3.8, 4) is 5.75 Å². The van der Waals surface area contributed by atoms with E-state index in [1.807, 2.05) is 0 Å². The van der Waals surface area contributed by atoms with Gasteiger partial charge >= 0.3 is 5.97 Å². The first-order chi connectivity index (χ1) is 12.9. The number of hydrogen-bond donors (Lipinski definition) is 2. The third kappa shape index (κ3) is 2.93. The van der Waals surface area contributed by atoms with Gasteiger partial charge < -0.3 is 15.2 Å². The van der Waals surface area contributed by atoms with Crippen LogP contribution in [0.15, 0.2) is 36.4 Å². The Bertz CT molecular complexity index is 936. The number of hydrogen-bond acceptors (Lipinski definition) is 3. The molecule has 2 aromatic rings. The van der Waals surface area contributed by atoms with E-state index in [0.29, 0.717) is 36.9 Å². The lowest BCUT2D eigenvalue weighted by molar-refractivity contribution is -0.122. The first kappa shape index (κ1) is 17.5. The summed E-state index contributed by atoms with van der Waals surface area (Å²) in [4.78, 5) is 23.9. The van der Waals surface area contributed by atoms with E-state index in [0.717, 1.165) is 12.1 Å². The Kier molecular flexibility index (Phi) is 4.09. The number of carboxylic acid groups (broad SMARTS) is 1. The summed E-state index contributed by atoms with van der Waals surface area (Å²) in [5, 5.41) is 12.1. The topological polar surface area (TPSA) is 75.6 Å². The van der Waals surface area contributed by atoms with Gasteiger partial charge in [0.05, 0.1) is 17.1 Å². The summed E-state index contributed by atoms with van der Waals surface area (Å²) in [5.74, 6) is -2.63. The number of benzene rings is 2. The van der Waals surface area contributed by atoms with Gasteiger partial charge in [0.15, 0.2) is 11.6 Å². The standard InChI is InChI=1S/C20H17F2NO4/c21-12-2-4-17(15(22)10-12)27-13-5-7-20(8-6-13)14-9-11(18(24)25)1-3-16(14)23-19(20)26/h1-4,9-10,13H,5-8H2,(H,23,26)(H,24,25). The summed E-state index contributed by atoms with van der Waals surface area (Å²) < 4.78 is 32.5. The maximum atomic E-state index is 13.8. The van der Waals surface area contributed by atoms with Crippen molar-refractivity contribution in [2.45, 2.75) is 37.2 Å². The van der Waals surface area contributed by atoms with Crippen molar-refractivity contribution in [3.63, 3.8) is 0 Å². The van der Waals surface area contributed by atoms with Crippen molar-refractivity contribution in [2.75, 3.05) is 5.32 Å². The average molecular weight is 373 g/mol. The van der Waals surface area contributed by atoms with Gasteiger partial charge in [-0.25, -0.2) is 13.6 Å². The molecule has 0 radical (unpaired) electrons. The molecule has 1 aliphatic heterocycles. The van der Waals surface area contributed by atoms with E-state index in [9.17, 15) is 23.5 Å². The lowest BCUT2D eigenvalue weighted by Gasteiger charge is -2.35. The quantitative estimate of drug-likeness (QED) is 0.856. The van der Waals surface area contributed by atoms with Crippen LogP contribution in [0.5, 0.6) is 5.75 Å². The lowest BCUT2D eigenvalue weighted by atomic mass is 9.69. The van der Waals surface area contributed by atoms with Crippen LogP contribution in [0.3, 0.4) is 0 Å². The predicted octanol–water partition coefficient (Wildman–Crippen LogP) is 3.87. The molecular formula is C20H17F2NO4. The van der Waals surface area contributed by atoms with E-state index in [4.69, 9.17) is 4.74 Å². The van der Waals surface area contributed by atoms with Crippen molar-refractivity contribution in [1.82, 2.24) is 0 Å². The lowest BCUT2D eigenvalue weighted by Crippen LogP contribution is -2.41. The number of amides is 1. The molecule has 1 amide bonds. The third-order valence-corrected chi connectivity index (χ3v) is 5.44. The van der Waals surface area contributed by atoms with Crippen molar-refractivity contribution < 1.29 is 28.2 Å². The molecule has 0 atom stereocenters. The second kappa shape index (κ2) is 6.33. The van der Waals surface area contributed by atoms with Gasteiger partial charge in [0.1, 0.15) is 5.82 Å². The second-order valence-corrected chi connectivity index (χ2v) is 6.99. The third-order valence-electron chi connectivity index (χ3n) is 5.44. The van der Waals surface area contributed by atoms with Gasteiger partial charge in [-0.15, -0.1) is 0 Å². The zero-order valence-electron chi connectivity index (χ0n) is 14.3.